The minimum atomic E-state index is -1.03. The smallest absolute Gasteiger partial charge is 0.356 e. The summed E-state index contributed by atoms with van der Waals surface area (Å²) in [6, 6.07) is 17.5. The summed E-state index contributed by atoms with van der Waals surface area (Å²) in [6.45, 7) is 2.00. The van der Waals surface area contributed by atoms with Gasteiger partial charge in [-0.15, -0.1) is 0 Å². The van der Waals surface area contributed by atoms with Crippen molar-refractivity contribution < 1.29 is 9.90 Å². The molecule has 104 valence electrons. The van der Waals surface area contributed by atoms with E-state index >= 15 is 0 Å². The number of imidazole rings is 1. The number of nitrogens with zero attached hydrogens (tertiary/aromatic N) is 2. The van der Waals surface area contributed by atoms with E-state index in [0.29, 0.717) is 5.82 Å². The number of para-hydroxylation sites is 1. The molecule has 0 radical (unpaired) electrons. The van der Waals surface area contributed by atoms with E-state index in [2.05, 4.69) is 4.98 Å². The predicted octanol–water partition coefficient (Wildman–Crippen LogP) is 3.55. The van der Waals surface area contributed by atoms with Gasteiger partial charge in [-0.05, 0) is 25.1 Å². The SMILES string of the molecule is Cc1cccc(-c2nc(C(=O)O)cn2-c2ccccc2)c1. The van der Waals surface area contributed by atoms with Crippen LogP contribution in [-0.4, -0.2) is 20.6 Å². The van der Waals surface area contributed by atoms with Crippen molar-refractivity contribution in [1.29, 1.82) is 0 Å². The van der Waals surface area contributed by atoms with E-state index in [0.717, 1.165) is 16.8 Å². The summed E-state index contributed by atoms with van der Waals surface area (Å²) < 4.78 is 1.80. The van der Waals surface area contributed by atoms with E-state index < -0.39 is 5.97 Å². The minimum absolute atomic E-state index is 0.0374. The van der Waals surface area contributed by atoms with Gasteiger partial charge in [0, 0.05) is 17.4 Å². The number of carboxylic acids is 1. The van der Waals surface area contributed by atoms with Crippen LogP contribution in [0.15, 0.2) is 60.8 Å². The molecule has 0 unspecified atom stereocenters. The average Bonchev–Trinajstić information content (AvgIpc) is 2.93. The molecule has 0 aliphatic heterocycles. The van der Waals surface area contributed by atoms with Crippen LogP contribution in [-0.2, 0) is 0 Å². The fourth-order valence-corrected chi connectivity index (χ4v) is 2.26. The highest BCUT2D eigenvalue weighted by molar-refractivity contribution is 5.86. The van der Waals surface area contributed by atoms with Gasteiger partial charge in [-0.25, -0.2) is 9.78 Å². The van der Waals surface area contributed by atoms with E-state index in [-0.39, 0.29) is 5.69 Å². The van der Waals surface area contributed by atoms with Crippen molar-refractivity contribution in [2.24, 2.45) is 0 Å². The number of carboxylic acid groups (broad SMARTS) is 1. The fraction of sp³-hybridized carbons (Fsp3) is 0.0588. The number of aryl methyl sites for hydroxylation is 1. The quantitative estimate of drug-likeness (QED) is 0.797. The topological polar surface area (TPSA) is 55.1 Å². The molecule has 0 saturated heterocycles. The van der Waals surface area contributed by atoms with Crippen molar-refractivity contribution in [3.8, 4) is 17.1 Å². The monoisotopic (exact) mass is 278 g/mol. The number of aromatic nitrogens is 2. The summed E-state index contributed by atoms with van der Waals surface area (Å²) in [7, 11) is 0. The molecule has 3 rings (SSSR count). The summed E-state index contributed by atoms with van der Waals surface area (Å²) in [5.41, 5.74) is 2.92. The van der Waals surface area contributed by atoms with Crippen LogP contribution in [0, 0.1) is 6.92 Å². The molecule has 0 saturated carbocycles. The summed E-state index contributed by atoms with van der Waals surface area (Å²) >= 11 is 0. The van der Waals surface area contributed by atoms with Crippen LogP contribution < -0.4 is 0 Å². The van der Waals surface area contributed by atoms with Gasteiger partial charge in [-0.2, -0.15) is 0 Å². The van der Waals surface area contributed by atoms with E-state index in [1.54, 1.807) is 10.8 Å². The molecule has 0 fully saturated rings. The first-order valence-electron chi connectivity index (χ1n) is 6.60. The molecule has 1 N–H and O–H groups in total. The Hall–Kier alpha value is -2.88. The second kappa shape index (κ2) is 5.25. The number of rotatable bonds is 3. The Morgan fingerprint density at radius 1 is 1.10 bits per heavy atom. The fourth-order valence-electron chi connectivity index (χ4n) is 2.26. The molecule has 4 heteroatoms. The molecule has 0 bridgehead atoms. The zero-order chi connectivity index (χ0) is 14.8. The third kappa shape index (κ3) is 2.56. The molecule has 1 aromatic heterocycles. The zero-order valence-electron chi connectivity index (χ0n) is 11.5. The Morgan fingerprint density at radius 3 is 2.52 bits per heavy atom. The summed E-state index contributed by atoms with van der Waals surface area (Å²) in [5, 5.41) is 9.20. The van der Waals surface area contributed by atoms with Crippen LogP contribution in [0.25, 0.3) is 17.1 Å². The van der Waals surface area contributed by atoms with Crippen LogP contribution in [0.2, 0.25) is 0 Å². The van der Waals surface area contributed by atoms with Gasteiger partial charge in [0.05, 0.1) is 0 Å². The lowest BCUT2D eigenvalue weighted by Crippen LogP contribution is -1.96. The molecular formula is C17H14N2O2. The normalized spacial score (nSPS) is 10.5. The highest BCUT2D eigenvalue weighted by atomic mass is 16.4. The molecule has 2 aromatic carbocycles. The number of aromatic carboxylic acids is 1. The molecule has 3 aromatic rings. The summed E-state index contributed by atoms with van der Waals surface area (Å²) in [4.78, 5) is 15.5. The van der Waals surface area contributed by atoms with Crippen molar-refractivity contribution in [3.63, 3.8) is 0 Å². The minimum Gasteiger partial charge on any atom is -0.476 e. The van der Waals surface area contributed by atoms with Crippen LogP contribution in [0.3, 0.4) is 0 Å². The molecular weight excluding hydrogens is 264 g/mol. The molecule has 0 aliphatic rings. The molecule has 4 nitrogen and oxygen atoms in total. The van der Waals surface area contributed by atoms with Gasteiger partial charge < -0.3 is 5.11 Å². The largest absolute Gasteiger partial charge is 0.476 e. The van der Waals surface area contributed by atoms with Gasteiger partial charge in [-0.3, -0.25) is 4.57 Å². The third-order valence-electron chi connectivity index (χ3n) is 3.24. The van der Waals surface area contributed by atoms with E-state index in [4.69, 9.17) is 0 Å². The number of hydrogen-bond acceptors (Lipinski definition) is 2. The molecule has 1 heterocycles. The van der Waals surface area contributed by atoms with Crippen molar-refractivity contribution >= 4 is 5.97 Å². The van der Waals surface area contributed by atoms with Gasteiger partial charge >= 0.3 is 5.97 Å². The van der Waals surface area contributed by atoms with Crippen LogP contribution in [0.1, 0.15) is 16.1 Å². The number of carbonyl (C=O) groups is 1. The van der Waals surface area contributed by atoms with Crippen molar-refractivity contribution in [3.05, 3.63) is 72.1 Å². The molecule has 0 atom stereocenters. The maximum atomic E-state index is 11.2. The van der Waals surface area contributed by atoms with Crippen molar-refractivity contribution in [2.75, 3.05) is 0 Å². The highest BCUT2D eigenvalue weighted by Gasteiger charge is 2.15. The van der Waals surface area contributed by atoms with Crippen LogP contribution >= 0.6 is 0 Å². The van der Waals surface area contributed by atoms with Gasteiger partial charge in [0.2, 0.25) is 0 Å². The van der Waals surface area contributed by atoms with E-state index in [9.17, 15) is 9.90 Å². The second-order valence-corrected chi connectivity index (χ2v) is 4.83. The molecule has 0 spiro atoms. The first kappa shape index (κ1) is 13.1. The van der Waals surface area contributed by atoms with Crippen LogP contribution in [0.4, 0.5) is 0 Å². The predicted molar refractivity (Wildman–Crippen MR) is 80.7 cm³/mol. The summed E-state index contributed by atoms with van der Waals surface area (Å²) in [5.74, 6) is -0.402. The molecule has 0 amide bonds. The third-order valence-corrected chi connectivity index (χ3v) is 3.24. The first-order chi connectivity index (χ1) is 10.1. The Labute approximate surface area is 122 Å². The van der Waals surface area contributed by atoms with Crippen molar-refractivity contribution in [2.45, 2.75) is 6.92 Å². The lowest BCUT2D eigenvalue weighted by atomic mass is 10.1. The molecule has 0 aliphatic carbocycles. The Balaban J connectivity index is 2.21. The Bertz CT molecular complexity index is 792. The first-order valence-corrected chi connectivity index (χ1v) is 6.60. The van der Waals surface area contributed by atoms with Crippen LogP contribution in [0.5, 0.6) is 0 Å². The van der Waals surface area contributed by atoms with Gasteiger partial charge in [-0.1, -0.05) is 42.0 Å². The Morgan fingerprint density at radius 2 is 1.86 bits per heavy atom. The van der Waals surface area contributed by atoms with E-state index in [1.165, 1.54) is 0 Å². The lowest BCUT2D eigenvalue weighted by Gasteiger charge is -2.08. The maximum absolute atomic E-state index is 11.2. The highest BCUT2D eigenvalue weighted by Crippen LogP contribution is 2.23. The maximum Gasteiger partial charge on any atom is 0.356 e. The average molecular weight is 278 g/mol. The lowest BCUT2D eigenvalue weighted by molar-refractivity contribution is 0.0691. The number of benzene rings is 2. The Kier molecular flexibility index (Phi) is 3.28. The molecule has 21 heavy (non-hydrogen) atoms. The van der Waals surface area contributed by atoms with Gasteiger partial charge in [0.1, 0.15) is 5.82 Å². The van der Waals surface area contributed by atoms with Gasteiger partial charge in [0.25, 0.3) is 0 Å². The van der Waals surface area contributed by atoms with Gasteiger partial charge in [0.15, 0.2) is 5.69 Å². The van der Waals surface area contributed by atoms with E-state index in [1.807, 2.05) is 61.5 Å². The van der Waals surface area contributed by atoms with Crippen molar-refractivity contribution in [1.82, 2.24) is 9.55 Å². The zero-order valence-corrected chi connectivity index (χ0v) is 11.5. The second-order valence-electron chi connectivity index (χ2n) is 4.83. The summed E-state index contributed by atoms with van der Waals surface area (Å²) in [6.07, 6.45) is 1.55. The standard InChI is InChI=1S/C17H14N2O2/c1-12-6-5-7-13(10-12)16-18-15(17(20)21)11-19(16)14-8-3-2-4-9-14/h2-11H,1H3,(H,20,21). The number of hydrogen-bond donors (Lipinski definition) is 1.